The van der Waals surface area contributed by atoms with Crippen LogP contribution in [0.15, 0.2) is 29.3 Å². The van der Waals surface area contributed by atoms with Gasteiger partial charge in [-0.3, -0.25) is 4.99 Å². The Balaban J connectivity index is 2.30. The molecule has 90 valence electrons. The Morgan fingerprint density at radius 1 is 1.35 bits per heavy atom. The van der Waals surface area contributed by atoms with Crippen molar-refractivity contribution in [1.82, 2.24) is 0 Å². The highest BCUT2D eigenvalue weighted by molar-refractivity contribution is 5.86. The predicted octanol–water partition coefficient (Wildman–Crippen LogP) is 2.73. The third-order valence-corrected chi connectivity index (χ3v) is 2.49. The van der Waals surface area contributed by atoms with Gasteiger partial charge >= 0.3 is 6.61 Å². The number of benzene rings is 1. The van der Waals surface area contributed by atoms with Crippen molar-refractivity contribution < 1.29 is 13.5 Å². The topological polar surface area (TPSA) is 47.6 Å². The Morgan fingerprint density at radius 3 is 2.82 bits per heavy atom. The number of halogens is 2. The summed E-state index contributed by atoms with van der Waals surface area (Å²) in [5.41, 5.74) is 7.65. The van der Waals surface area contributed by atoms with Crippen LogP contribution in [-0.4, -0.2) is 19.4 Å². The lowest BCUT2D eigenvalue weighted by Gasteiger charge is -2.12. The molecule has 2 rings (SSSR count). The molecule has 2 N–H and O–H groups in total. The number of nitrogens with zero attached hydrogens (tertiary/aromatic N) is 1. The summed E-state index contributed by atoms with van der Waals surface area (Å²) in [4.78, 5) is 4.06. The minimum absolute atomic E-state index is 0.0147. The Kier molecular flexibility index (Phi) is 3.37. The molecule has 0 amide bonds. The van der Waals surface area contributed by atoms with E-state index >= 15 is 0 Å². The maximum atomic E-state index is 12.2. The van der Waals surface area contributed by atoms with Gasteiger partial charge in [0, 0.05) is 12.8 Å². The van der Waals surface area contributed by atoms with E-state index in [0.29, 0.717) is 6.54 Å². The lowest BCUT2D eigenvalue weighted by Crippen LogP contribution is -2.05. The minimum Gasteiger partial charge on any atom is -0.433 e. The van der Waals surface area contributed by atoms with E-state index in [4.69, 9.17) is 5.73 Å². The number of dihydropyridines is 1. The van der Waals surface area contributed by atoms with Crippen molar-refractivity contribution in [2.75, 3.05) is 12.3 Å². The lowest BCUT2D eigenvalue weighted by atomic mass is 10.0. The fourth-order valence-corrected chi connectivity index (χ4v) is 1.66. The van der Waals surface area contributed by atoms with Crippen LogP contribution in [0.4, 0.5) is 14.5 Å². The third kappa shape index (κ3) is 2.81. The maximum Gasteiger partial charge on any atom is 0.387 e. The van der Waals surface area contributed by atoms with E-state index in [1.165, 1.54) is 6.07 Å². The second-order valence-electron chi connectivity index (χ2n) is 3.63. The quantitative estimate of drug-likeness (QED) is 0.823. The van der Waals surface area contributed by atoms with Crippen molar-refractivity contribution in [3.05, 3.63) is 29.8 Å². The highest BCUT2D eigenvalue weighted by Crippen LogP contribution is 2.29. The summed E-state index contributed by atoms with van der Waals surface area (Å²) in [5.74, 6) is 0.0147. The molecule has 17 heavy (non-hydrogen) atoms. The molecule has 1 aliphatic rings. The van der Waals surface area contributed by atoms with Crippen molar-refractivity contribution >= 4 is 17.5 Å². The fraction of sp³-hybridized carbons (Fsp3) is 0.250. The van der Waals surface area contributed by atoms with Crippen LogP contribution in [0.1, 0.15) is 12.0 Å². The van der Waals surface area contributed by atoms with Gasteiger partial charge in [-0.2, -0.15) is 8.78 Å². The first-order valence-corrected chi connectivity index (χ1v) is 5.20. The van der Waals surface area contributed by atoms with Gasteiger partial charge in [-0.05, 0) is 35.8 Å². The first-order valence-electron chi connectivity index (χ1n) is 5.20. The van der Waals surface area contributed by atoms with E-state index in [1.807, 2.05) is 6.08 Å². The molecule has 0 aromatic heterocycles. The van der Waals surface area contributed by atoms with Gasteiger partial charge in [0.05, 0.1) is 5.69 Å². The molecule has 5 heteroatoms. The molecule has 0 saturated heterocycles. The summed E-state index contributed by atoms with van der Waals surface area (Å²) in [6, 6.07) is 4.89. The monoisotopic (exact) mass is 238 g/mol. The third-order valence-electron chi connectivity index (χ3n) is 2.49. The summed E-state index contributed by atoms with van der Waals surface area (Å²) < 4.78 is 28.7. The molecule has 0 radical (unpaired) electrons. The molecule has 1 aromatic rings. The Hall–Kier alpha value is -1.91. The van der Waals surface area contributed by atoms with Crippen molar-refractivity contribution in [1.29, 1.82) is 0 Å². The summed E-state index contributed by atoms with van der Waals surface area (Å²) in [6.45, 7) is -2.16. The van der Waals surface area contributed by atoms with Crippen LogP contribution >= 0.6 is 0 Å². The van der Waals surface area contributed by atoms with Crippen LogP contribution in [0.3, 0.4) is 0 Å². The molecule has 1 heterocycles. The Morgan fingerprint density at radius 2 is 2.18 bits per heavy atom. The Bertz CT molecular complexity index is 470. The van der Waals surface area contributed by atoms with E-state index in [2.05, 4.69) is 9.73 Å². The van der Waals surface area contributed by atoms with Gasteiger partial charge in [-0.15, -0.1) is 0 Å². The molecule has 1 aliphatic heterocycles. The maximum absolute atomic E-state index is 12.2. The second-order valence-corrected chi connectivity index (χ2v) is 3.63. The SMILES string of the molecule is Nc1ccc(C2=CC=NCC2)cc1OC(F)F. The summed E-state index contributed by atoms with van der Waals surface area (Å²) in [6.07, 6.45) is 4.36. The number of hydrogen-bond donors (Lipinski definition) is 1. The number of nitrogens with two attached hydrogens (primary N) is 1. The van der Waals surface area contributed by atoms with Crippen LogP contribution < -0.4 is 10.5 Å². The standard InChI is InChI=1S/C12H12F2N2O/c13-12(14)17-11-7-9(1-2-10(11)15)8-3-5-16-6-4-8/h1-3,5,7,12H,4,6,15H2. The van der Waals surface area contributed by atoms with Gasteiger partial charge in [-0.25, -0.2) is 0 Å². The zero-order valence-corrected chi connectivity index (χ0v) is 9.07. The van der Waals surface area contributed by atoms with Crippen LogP contribution in [0.5, 0.6) is 5.75 Å². The van der Waals surface area contributed by atoms with Crippen LogP contribution in [0.2, 0.25) is 0 Å². The normalized spacial score (nSPS) is 14.9. The molecule has 0 spiro atoms. The van der Waals surface area contributed by atoms with Crippen LogP contribution in [0.25, 0.3) is 5.57 Å². The molecule has 0 aliphatic carbocycles. The van der Waals surface area contributed by atoms with Gasteiger partial charge in [0.1, 0.15) is 5.75 Å². The van der Waals surface area contributed by atoms with E-state index in [-0.39, 0.29) is 11.4 Å². The molecular weight excluding hydrogens is 226 g/mol. The van der Waals surface area contributed by atoms with Gasteiger partial charge in [0.2, 0.25) is 0 Å². The molecular formula is C12H12F2N2O. The summed E-state index contributed by atoms with van der Waals surface area (Å²) >= 11 is 0. The predicted molar refractivity (Wildman–Crippen MR) is 63.4 cm³/mol. The zero-order valence-electron chi connectivity index (χ0n) is 9.07. The number of hydrogen-bond acceptors (Lipinski definition) is 3. The van der Waals surface area contributed by atoms with Crippen LogP contribution in [0, 0.1) is 0 Å². The van der Waals surface area contributed by atoms with Crippen LogP contribution in [-0.2, 0) is 0 Å². The smallest absolute Gasteiger partial charge is 0.387 e. The van der Waals surface area contributed by atoms with Gasteiger partial charge in [0.15, 0.2) is 0 Å². The van der Waals surface area contributed by atoms with Crippen molar-refractivity contribution in [2.45, 2.75) is 13.0 Å². The highest BCUT2D eigenvalue weighted by atomic mass is 19.3. The molecule has 0 atom stereocenters. The lowest BCUT2D eigenvalue weighted by molar-refractivity contribution is -0.0493. The van der Waals surface area contributed by atoms with Gasteiger partial charge < -0.3 is 10.5 Å². The Labute approximate surface area is 97.6 Å². The molecule has 0 bridgehead atoms. The first-order chi connectivity index (χ1) is 8.16. The van der Waals surface area contributed by atoms with E-state index in [9.17, 15) is 8.78 Å². The van der Waals surface area contributed by atoms with Crippen molar-refractivity contribution in [2.24, 2.45) is 4.99 Å². The average Bonchev–Trinajstić information content (AvgIpc) is 2.32. The second kappa shape index (κ2) is 4.95. The summed E-state index contributed by atoms with van der Waals surface area (Å²) in [7, 11) is 0. The minimum atomic E-state index is -2.87. The zero-order chi connectivity index (χ0) is 12.3. The van der Waals surface area contributed by atoms with Crippen molar-refractivity contribution in [3.63, 3.8) is 0 Å². The van der Waals surface area contributed by atoms with Gasteiger partial charge in [-0.1, -0.05) is 6.07 Å². The largest absolute Gasteiger partial charge is 0.433 e. The number of ether oxygens (including phenoxy) is 1. The average molecular weight is 238 g/mol. The summed E-state index contributed by atoms with van der Waals surface area (Å²) in [5, 5.41) is 0. The number of rotatable bonds is 3. The van der Waals surface area contributed by atoms with E-state index < -0.39 is 6.61 Å². The molecule has 1 aromatic carbocycles. The van der Waals surface area contributed by atoms with Crippen molar-refractivity contribution in [3.8, 4) is 5.75 Å². The molecule has 3 nitrogen and oxygen atoms in total. The fourth-order valence-electron chi connectivity index (χ4n) is 1.66. The highest BCUT2D eigenvalue weighted by Gasteiger charge is 2.11. The molecule has 0 unspecified atom stereocenters. The van der Waals surface area contributed by atoms with E-state index in [0.717, 1.165) is 17.6 Å². The number of aliphatic imine (C=N–C) groups is 1. The number of nitrogen functional groups attached to an aromatic ring is 1. The first kappa shape index (κ1) is 11.6. The number of allylic oxidation sites excluding steroid dienone is 1. The number of anilines is 1. The molecule has 0 saturated carbocycles. The molecule has 0 fully saturated rings. The van der Waals surface area contributed by atoms with Gasteiger partial charge in [0.25, 0.3) is 0 Å². The number of alkyl halides is 2. The van der Waals surface area contributed by atoms with E-state index in [1.54, 1.807) is 18.3 Å².